The zero-order chi connectivity index (χ0) is 17.8. The first-order valence-corrected chi connectivity index (χ1v) is 7.79. The Kier molecular flexibility index (Phi) is 4.92. The molecule has 3 aromatic rings. The number of fused-ring (bicyclic) bond motifs is 1. The number of hydrogen-bond donors (Lipinski definition) is 1. The van der Waals surface area contributed by atoms with Gasteiger partial charge in [0.2, 0.25) is 0 Å². The van der Waals surface area contributed by atoms with Gasteiger partial charge in [-0.2, -0.15) is 0 Å². The van der Waals surface area contributed by atoms with E-state index >= 15 is 0 Å². The monoisotopic (exact) mass is 345 g/mol. The van der Waals surface area contributed by atoms with Gasteiger partial charge >= 0.3 is 0 Å². The van der Waals surface area contributed by atoms with Crippen molar-refractivity contribution < 1.29 is 18.3 Å². The fourth-order valence-corrected chi connectivity index (χ4v) is 2.52. The molecule has 0 atom stereocenters. The molecular weight excluding hydrogens is 328 g/mol. The number of hydrogen-bond acceptors (Lipinski definition) is 3. The second-order valence-electron chi connectivity index (χ2n) is 5.54. The van der Waals surface area contributed by atoms with Crippen molar-refractivity contribution >= 4 is 16.9 Å². The highest BCUT2D eigenvalue weighted by Crippen LogP contribution is 2.17. The molecule has 1 aromatic heterocycles. The molecule has 1 N–H and O–H groups in total. The molecule has 130 valence electrons. The van der Waals surface area contributed by atoms with Gasteiger partial charge in [0.1, 0.15) is 11.6 Å². The van der Waals surface area contributed by atoms with E-state index in [1.54, 1.807) is 0 Å². The van der Waals surface area contributed by atoms with E-state index < -0.39 is 11.6 Å². The topological polar surface area (TPSA) is 56.2 Å². The SMILES string of the molecule is Cn1c(CCNC(=O)COc2ccc(F)cc2F)nc2ccccc21. The molecule has 0 aliphatic heterocycles. The number of amides is 1. The molecule has 1 heterocycles. The molecule has 0 bridgehead atoms. The van der Waals surface area contributed by atoms with Crippen LogP contribution < -0.4 is 10.1 Å². The smallest absolute Gasteiger partial charge is 0.257 e. The molecule has 7 heteroatoms. The number of nitrogens with one attached hydrogen (secondary N) is 1. The lowest BCUT2D eigenvalue weighted by Gasteiger charge is -2.08. The Morgan fingerprint density at radius 1 is 1.24 bits per heavy atom. The van der Waals surface area contributed by atoms with Gasteiger partial charge in [0.25, 0.3) is 5.91 Å². The molecule has 0 fully saturated rings. The summed E-state index contributed by atoms with van der Waals surface area (Å²) in [6.45, 7) is 0.0380. The average molecular weight is 345 g/mol. The first-order chi connectivity index (χ1) is 12.0. The number of nitrogens with zero attached hydrogens (tertiary/aromatic N) is 2. The molecule has 25 heavy (non-hydrogen) atoms. The maximum Gasteiger partial charge on any atom is 0.257 e. The van der Waals surface area contributed by atoms with Gasteiger partial charge in [-0.3, -0.25) is 4.79 Å². The minimum absolute atomic E-state index is 0.160. The lowest BCUT2D eigenvalue weighted by atomic mass is 10.3. The fraction of sp³-hybridized carbons (Fsp3) is 0.222. The lowest BCUT2D eigenvalue weighted by Crippen LogP contribution is -2.31. The van der Waals surface area contributed by atoms with Gasteiger partial charge in [0.15, 0.2) is 18.2 Å². The van der Waals surface area contributed by atoms with Crippen LogP contribution in [0.5, 0.6) is 5.75 Å². The van der Waals surface area contributed by atoms with Gasteiger partial charge in [-0.25, -0.2) is 13.8 Å². The van der Waals surface area contributed by atoms with E-state index in [-0.39, 0.29) is 18.3 Å². The Morgan fingerprint density at radius 3 is 2.80 bits per heavy atom. The van der Waals surface area contributed by atoms with Gasteiger partial charge in [0.05, 0.1) is 11.0 Å². The first kappa shape index (κ1) is 16.9. The van der Waals surface area contributed by atoms with Crippen LogP contribution in [0.1, 0.15) is 5.82 Å². The third-order valence-corrected chi connectivity index (χ3v) is 3.80. The number of aromatic nitrogens is 2. The van der Waals surface area contributed by atoms with E-state index in [1.807, 2.05) is 35.9 Å². The summed E-state index contributed by atoms with van der Waals surface area (Å²) in [5.74, 6) is -1.23. The zero-order valence-corrected chi connectivity index (χ0v) is 13.6. The molecule has 0 aliphatic carbocycles. The normalized spacial score (nSPS) is 10.8. The number of ether oxygens (including phenoxy) is 1. The van der Waals surface area contributed by atoms with Crippen LogP contribution in [-0.4, -0.2) is 28.6 Å². The minimum Gasteiger partial charge on any atom is -0.481 e. The molecule has 0 aliphatic rings. The molecule has 0 saturated carbocycles. The third kappa shape index (κ3) is 3.93. The number of benzene rings is 2. The van der Waals surface area contributed by atoms with Gasteiger partial charge in [-0.05, 0) is 24.3 Å². The lowest BCUT2D eigenvalue weighted by molar-refractivity contribution is -0.123. The zero-order valence-electron chi connectivity index (χ0n) is 13.6. The fourth-order valence-electron chi connectivity index (χ4n) is 2.52. The van der Waals surface area contributed by atoms with Crippen molar-refractivity contribution in [2.24, 2.45) is 7.05 Å². The van der Waals surface area contributed by atoms with Crippen molar-refractivity contribution in [3.8, 4) is 5.75 Å². The molecule has 0 radical (unpaired) electrons. The summed E-state index contributed by atoms with van der Waals surface area (Å²) in [5.41, 5.74) is 1.93. The van der Waals surface area contributed by atoms with Gasteiger partial charge < -0.3 is 14.6 Å². The summed E-state index contributed by atoms with van der Waals surface area (Å²) in [6.07, 6.45) is 0.557. The van der Waals surface area contributed by atoms with E-state index in [1.165, 1.54) is 0 Å². The molecule has 0 saturated heterocycles. The highest BCUT2D eigenvalue weighted by Gasteiger charge is 2.10. The highest BCUT2D eigenvalue weighted by molar-refractivity contribution is 5.77. The largest absolute Gasteiger partial charge is 0.481 e. The first-order valence-electron chi connectivity index (χ1n) is 7.79. The molecule has 1 amide bonds. The number of para-hydroxylation sites is 2. The molecule has 0 unspecified atom stereocenters. The molecule has 2 aromatic carbocycles. The van der Waals surface area contributed by atoms with Crippen LogP contribution in [0.3, 0.4) is 0 Å². The van der Waals surface area contributed by atoms with Crippen molar-refractivity contribution in [3.05, 3.63) is 59.9 Å². The maximum absolute atomic E-state index is 13.4. The Bertz CT molecular complexity index is 908. The Balaban J connectivity index is 1.49. The summed E-state index contributed by atoms with van der Waals surface area (Å²) in [6, 6.07) is 10.7. The minimum atomic E-state index is -0.840. The van der Waals surface area contributed by atoms with E-state index in [9.17, 15) is 13.6 Å². The summed E-state index contributed by atoms with van der Waals surface area (Å²) in [4.78, 5) is 16.3. The Morgan fingerprint density at radius 2 is 2.04 bits per heavy atom. The second-order valence-corrected chi connectivity index (χ2v) is 5.54. The van der Waals surface area contributed by atoms with Crippen molar-refractivity contribution in [1.29, 1.82) is 0 Å². The third-order valence-electron chi connectivity index (χ3n) is 3.80. The summed E-state index contributed by atoms with van der Waals surface area (Å²) < 4.78 is 33.2. The highest BCUT2D eigenvalue weighted by atomic mass is 19.1. The second kappa shape index (κ2) is 7.29. The van der Waals surface area contributed by atoms with Crippen LogP contribution in [0.2, 0.25) is 0 Å². The predicted molar refractivity (Wildman–Crippen MR) is 89.3 cm³/mol. The molecular formula is C18H17F2N3O2. The number of rotatable bonds is 6. The summed E-state index contributed by atoms with van der Waals surface area (Å²) >= 11 is 0. The van der Waals surface area contributed by atoms with E-state index in [4.69, 9.17) is 4.74 Å². The van der Waals surface area contributed by atoms with E-state index in [2.05, 4.69) is 10.3 Å². The number of aryl methyl sites for hydroxylation is 1. The van der Waals surface area contributed by atoms with E-state index in [0.717, 1.165) is 29.0 Å². The van der Waals surface area contributed by atoms with Gasteiger partial charge in [-0.1, -0.05) is 12.1 Å². The van der Waals surface area contributed by atoms with Crippen molar-refractivity contribution in [3.63, 3.8) is 0 Å². The summed E-state index contributed by atoms with van der Waals surface area (Å²) in [5, 5.41) is 2.69. The predicted octanol–water partition coefficient (Wildman–Crippen LogP) is 2.59. The van der Waals surface area contributed by atoms with E-state index in [0.29, 0.717) is 19.0 Å². The van der Waals surface area contributed by atoms with Crippen LogP contribution in [0.15, 0.2) is 42.5 Å². The van der Waals surface area contributed by atoms with Gasteiger partial charge in [-0.15, -0.1) is 0 Å². The van der Waals surface area contributed by atoms with Crippen LogP contribution in [0.25, 0.3) is 11.0 Å². The number of imidazole rings is 1. The average Bonchev–Trinajstić information content (AvgIpc) is 2.91. The number of carbonyl (C=O) groups excluding carboxylic acids is 1. The molecule has 0 spiro atoms. The molecule has 3 rings (SSSR count). The number of halogens is 2. The van der Waals surface area contributed by atoms with Crippen LogP contribution in [0.4, 0.5) is 8.78 Å². The number of carbonyl (C=O) groups is 1. The quantitative estimate of drug-likeness (QED) is 0.747. The Labute approximate surface area is 143 Å². The Hall–Kier alpha value is -2.96. The molecule has 5 nitrogen and oxygen atoms in total. The van der Waals surface area contributed by atoms with Gasteiger partial charge in [0, 0.05) is 26.1 Å². The van der Waals surface area contributed by atoms with Crippen LogP contribution >= 0.6 is 0 Å². The summed E-state index contributed by atoms with van der Waals surface area (Å²) in [7, 11) is 1.92. The standard InChI is InChI=1S/C18H17F2N3O2/c1-23-15-5-3-2-4-14(15)22-17(23)8-9-21-18(24)11-25-16-7-6-12(19)10-13(16)20/h2-7,10H,8-9,11H2,1H3,(H,21,24). The maximum atomic E-state index is 13.4. The van der Waals surface area contributed by atoms with Crippen LogP contribution in [0, 0.1) is 11.6 Å². The van der Waals surface area contributed by atoms with Crippen molar-refractivity contribution in [2.45, 2.75) is 6.42 Å². The van der Waals surface area contributed by atoms with Crippen molar-refractivity contribution in [2.75, 3.05) is 13.2 Å². The van der Waals surface area contributed by atoms with Crippen molar-refractivity contribution in [1.82, 2.24) is 14.9 Å². The van der Waals surface area contributed by atoms with Crippen LogP contribution in [-0.2, 0) is 18.3 Å².